The molecule has 1 aromatic heterocycles. The Bertz CT molecular complexity index is 490. The molecule has 2 heterocycles. The number of thioether (sulfide) groups is 1. The number of hydrogen-bond acceptors (Lipinski definition) is 5. The molecule has 21 heavy (non-hydrogen) atoms. The summed E-state index contributed by atoms with van der Waals surface area (Å²) in [6.07, 6.45) is 5.14. The van der Waals surface area contributed by atoms with E-state index in [9.17, 15) is 9.59 Å². The second kappa shape index (κ2) is 8.19. The van der Waals surface area contributed by atoms with Crippen LogP contribution in [0.15, 0.2) is 24.2 Å². The predicted octanol–water partition coefficient (Wildman–Crippen LogP) is 2.24. The van der Waals surface area contributed by atoms with Gasteiger partial charge in [-0.05, 0) is 12.8 Å². The highest BCUT2D eigenvalue weighted by Gasteiger charge is 2.28. The Hall–Kier alpha value is -1.34. The van der Waals surface area contributed by atoms with Gasteiger partial charge >= 0.3 is 0 Å². The number of aromatic nitrogens is 1. The Balaban J connectivity index is 1.83. The van der Waals surface area contributed by atoms with Gasteiger partial charge in [-0.1, -0.05) is 6.08 Å². The fourth-order valence-corrected chi connectivity index (χ4v) is 3.40. The number of thiazole rings is 1. The summed E-state index contributed by atoms with van der Waals surface area (Å²) < 4.78 is 0. The average molecular weight is 325 g/mol. The Morgan fingerprint density at radius 2 is 2.48 bits per heavy atom. The van der Waals surface area contributed by atoms with Crippen LogP contribution in [0.25, 0.3) is 0 Å². The van der Waals surface area contributed by atoms with Crippen LogP contribution in [-0.2, 0) is 9.59 Å². The van der Waals surface area contributed by atoms with E-state index in [0.29, 0.717) is 17.4 Å². The molecule has 0 saturated carbocycles. The molecule has 1 aliphatic rings. The zero-order valence-corrected chi connectivity index (χ0v) is 13.4. The van der Waals surface area contributed by atoms with E-state index in [2.05, 4.69) is 16.9 Å². The van der Waals surface area contributed by atoms with E-state index in [0.717, 1.165) is 25.1 Å². The third-order valence-corrected chi connectivity index (χ3v) is 4.88. The lowest BCUT2D eigenvalue weighted by atomic mass is 9.97. The Kier molecular flexibility index (Phi) is 6.25. The third kappa shape index (κ3) is 4.86. The first-order valence-corrected chi connectivity index (χ1v) is 8.91. The second-order valence-corrected chi connectivity index (χ2v) is 6.73. The van der Waals surface area contributed by atoms with Gasteiger partial charge in [0.1, 0.15) is 0 Å². The Morgan fingerprint density at radius 1 is 1.62 bits per heavy atom. The molecular formula is C14H19N3O2S2. The summed E-state index contributed by atoms with van der Waals surface area (Å²) in [4.78, 5) is 30.1. The predicted molar refractivity (Wildman–Crippen MR) is 87.6 cm³/mol. The molecule has 1 saturated heterocycles. The molecular weight excluding hydrogens is 306 g/mol. The van der Waals surface area contributed by atoms with Gasteiger partial charge in [0.2, 0.25) is 11.8 Å². The molecule has 5 nitrogen and oxygen atoms in total. The van der Waals surface area contributed by atoms with Crippen molar-refractivity contribution in [3.05, 3.63) is 24.2 Å². The summed E-state index contributed by atoms with van der Waals surface area (Å²) in [5, 5.41) is 5.25. The zero-order chi connectivity index (χ0) is 15.1. The number of likely N-dealkylation sites (tertiary alicyclic amines) is 1. The van der Waals surface area contributed by atoms with Gasteiger partial charge in [-0.25, -0.2) is 4.98 Å². The molecule has 2 rings (SSSR count). The number of carbonyl (C=O) groups excluding carboxylic acids is 2. The van der Waals surface area contributed by atoms with Crippen LogP contribution in [0.1, 0.15) is 12.8 Å². The summed E-state index contributed by atoms with van der Waals surface area (Å²) in [7, 11) is 0. The maximum absolute atomic E-state index is 12.2. The highest BCUT2D eigenvalue weighted by Crippen LogP contribution is 2.20. The largest absolute Gasteiger partial charge is 0.341 e. The lowest BCUT2D eigenvalue weighted by molar-refractivity contribution is -0.132. The lowest BCUT2D eigenvalue weighted by Gasteiger charge is -2.31. The van der Waals surface area contributed by atoms with Crippen LogP contribution < -0.4 is 5.32 Å². The van der Waals surface area contributed by atoms with Crippen molar-refractivity contribution in [1.82, 2.24) is 9.88 Å². The van der Waals surface area contributed by atoms with Crippen LogP contribution in [-0.4, -0.2) is 46.3 Å². The third-order valence-electron chi connectivity index (χ3n) is 3.27. The summed E-state index contributed by atoms with van der Waals surface area (Å²) in [5.41, 5.74) is 0. The maximum atomic E-state index is 12.2. The molecule has 0 radical (unpaired) electrons. The number of hydrogen-bond donors (Lipinski definition) is 1. The molecule has 7 heteroatoms. The molecule has 0 spiro atoms. The molecule has 0 aliphatic carbocycles. The van der Waals surface area contributed by atoms with E-state index >= 15 is 0 Å². The molecule has 0 aromatic carbocycles. The smallest absolute Gasteiger partial charge is 0.232 e. The number of anilines is 1. The van der Waals surface area contributed by atoms with E-state index in [-0.39, 0.29) is 17.7 Å². The topological polar surface area (TPSA) is 62.3 Å². The minimum absolute atomic E-state index is 0.0406. The summed E-state index contributed by atoms with van der Waals surface area (Å²) >= 11 is 2.95. The van der Waals surface area contributed by atoms with E-state index in [1.165, 1.54) is 11.3 Å². The van der Waals surface area contributed by atoms with Crippen LogP contribution in [0, 0.1) is 5.92 Å². The van der Waals surface area contributed by atoms with Crippen molar-refractivity contribution in [2.75, 3.05) is 29.9 Å². The lowest BCUT2D eigenvalue weighted by Crippen LogP contribution is -2.44. The van der Waals surface area contributed by atoms with E-state index in [1.54, 1.807) is 28.9 Å². The molecule has 1 aliphatic heterocycles. The van der Waals surface area contributed by atoms with Crippen LogP contribution in [0.4, 0.5) is 5.13 Å². The summed E-state index contributed by atoms with van der Waals surface area (Å²) in [5.74, 6) is 1.14. The van der Waals surface area contributed by atoms with Crippen molar-refractivity contribution in [2.45, 2.75) is 12.8 Å². The van der Waals surface area contributed by atoms with Crippen LogP contribution >= 0.6 is 23.1 Å². The van der Waals surface area contributed by atoms with Gasteiger partial charge in [-0.3, -0.25) is 9.59 Å². The molecule has 0 unspecified atom stereocenters. The number of rotatable bonds is 6. The first-order chi connectivity index (χ1) is 10.2. The first kappa shape index (κ1) is 16.0. The van der Waals surface area contributed by atoms with Gasteiger partial charge in [0, 0.05) is 30.4 Å². The van der Waals surface area contributed by atoms with E-state index < -0.39 is 0 Å². The number of piperidine rings is 1. The second-order valence-electron chi connectivity index (χ2n) is 4.81. The van der Waals surface area contributed by atoms with Gasteiger partial charge in [0.05, 0.1) is 11.7 Å². The van der Waals surface area contributed by atoms with Crippen LogP contribution in [0.2, 0.25) is 0 Å². The van der Waals surface area contributed by atoms with Crippen molar-refractivity contribution in [2.24, 2.45) is 5.92 Å². The van der Waals surface area contributed by atoms with Crippen LogP contribution in [0.5, 0.6) is 0 Å². The number of nitrogens with one attached hydrogen (secondary N) is 1. The molecule has 1 fully saturated rings. The van der Waals surface area contributed by atoms with E-state index in [1.807, 2.05) is 5.38 Å². The SMILES string of the molecule is C=CCSCC(=O)N1CCC[C@@H](C(=O)Nc2nccs2)C1. The van der Waals surface area contributed by atoms with Crippen molar-refractivity contribution in [1.29, 1.82) is 0 Å². The molecule has 1 N–H and O–H groups in total. The normalized spacial score (nSPS) is 18.3. The highest BCUT2D eigenvalue weighted by molar-refractivity contribution is 8.00. The number of nitrogens with zero attached hydrogens (tertiary/aromatic N) is 2. The van der Waals surface area contributed by atoms with Crippen LogP contribution in [0.3, 0.4) is 0 Å². The van der Waals surface area contributed by atoms with Crippen molar-refractivity contribution >= 4 is 40.0 Å². The quantitative estimate of drug-likeness (QED) is 0.643. The van der Waals surface area contributed by atoms with Gasteiger partial charge in [-0.15, -0.1) is 29.7 Å². The molecule has 1 atom stereocenters. The minimum Gasteiger partial charge on any atom is -0.341 e. The highest BCUT2D eigenvalue weighted by atomic mass is 32.2. The fraction of sp³-hybridized carbons (Fsp3) is 0.500. The monoisotopic (exact) mass is 325 g/mol. The van der Waals surface area contributed by atoms with Crippen molar-refractivity contribution < 1.29 is 9.59 Å². The summed E-state index contributed by atoms with van der Waals surface area (Å²) in [6, 6.07) is 0. The Labute approximate surface area is 132 Å². The van der Waals surface area contributed by atoms with Crippen molar-refractivity contribution in [3.63, 3.8) is 0 Å². The number of carbonyl (C=O) groups is 2. The fourth-order valence-electron chi connectivity index (χ4n) is 2.23. The minimum atomic E-state index is -0.143. The molecule has 0 bridgehead atoms. The standard InChI is InChI=1S/C14H19N3O2S2/c1-2-7-20-10-12(18)17-6-3-4-11(9-17)13(19)16-14-15-5-8-21-14/h2,5,8,11H,1,3-4,6-7,9-10H2,(H,15,16,19)/t11-/m1/s1. The first-order valence-electron chi connectivity index (χ1n) is 6.87. The van der Waals surface area contributed by atoms with Gasteiger partial charge in [0.15, 0.2) is 5.13 Å². The van der Waals surface area contributed by atoms with E-state index in [4.69, 9.17) is 0 Å². The maximum Gasteiger partial charge on any atom is 0.232 e. The summed E-state index contributed by atoms with van der Waals surface area (Å²) in [6.45, 7) is 4.89. The molecule has 2 amide bonds. The molecule has 114 valence electrons. The average Bonchev–Trinajstić information content (AvgIpc) is 3.00. The van der Waals surface area contributed by atoms with Gasteiger partial charge in [-0.2, -0.15) is 0 Å². The number of amides is 2. The van der Waals surface area contributed by atoms with Gasteiger partial charge < -0.3 is 10.2 Å². The van der Waals surface area contributed by atoms with Gasteiger partial charge in [0.25, 0.3) is 0 Å². The van der Waals surface area contributed by atoms with Crippen molar-refractivity contribution in [3.8, 4) is 0 Å². The Morgan fingerprint density at radius 3 is 3.19 bits per heavy atom. The zero-order valence-electron chi connectivity index (χ0n) is 11.8. The molecule has 1 aromatic rings.